The lowest BCUT2D eigenvalue weighted by Gasteiger charge is -2.09. The fourth-order valence-electron chi connectivity index (χ4n) is 2.26. The first kappa shape index (κ1) is 15.0. The first-order chi connectivity index (χ1) is 11.1. The molecule has 116 valence electrons. The number of nitrogens with zero attached hydrogens (tertiary/aromatic N) is 3. The van der Waals surface area contributed by atoms with E-state index < -0.39 is 0 Å². The average Bonchev–Trinajstić information content (AvgIpc) is 2.99. The third-order valence-electron chi connectivity index (χ3n) is 3.45. The number of hydrogen-bond acceptors (Lipinski definition) is 4. The average molecular weight is 307 g/mol. The monoisotopic (exact) mass is 307 g/mol. The quantitative estimate of drug-likeness (QED) is 0.537. The van der Waals surface area contributed by atoms with Gasteiger partial charge in [0.1, 0.15) is 11.0 Å². The minimum absolute atomic E-state index is 0.295. The molecule has 0 N–H and O–H groups in total. The third kappa shape index (κ3) is 3.29. The molecule has 23 heavy (non-hydrogen) atoms. The van der Waals surface area contributed by atoms with Crippen molar-refractivity contribution < 1.29 is 9.53 Å². The zero-order valence-corrected chi connectivity index (χ0v) is 12.9. The number of benzene rings is 2. The van der Waals surface area contributed by atoms with Gasteiger partial charge in [-0.25, -0.2) is 4.79 Å². The predicted molar refractivity (Wildman–Crippen MR) is 88.3 cm³/mol. The Labute approximate surface area is 134 Å². The molecule has 5 heteroatoms. The van der Waals surface area contributed by atoms with Crippen LogP contribution in [0.3, 0.4) is 0 Å². The molecule has 0 saturated carbocycles. The van der Waals surface area contributed by atoms with Crippen molar-refractivity contribution in [3.63, 3.8) is 0 Å². The SMILES string of the molecule is C=C(C)C(=O)OCCc1ccccc1-n1nc2ccccc2n1. The molecule has 0 fully saturated rings. The smallest absolute Gasteiger partial charge is 0.333 e. The standard InChI is InChI=1S/C18H17N3O2/c1-13(2)18(22)23-12-11-14-7-3-6-10-17(14)21-19-15-8-4-5-9-16(15)20-21/h3-10H,1,11-12H2,2H3. The molecule has 0 aliphatic heterocycles. The molecule has 0 saturated heterocycles. The lowest BCUT2D eigenvalue weighted by molar-refractivity contribution is -0.138. The molecule has 0 spiro atoms. The summed E-state index contributed by atoms with van der Waals surface area (Å²) in [6, 6.07) is 15.5. The largest absolute Gasteiger partial charge is 0.462 e. The molecular weight excluding hydrogens is 290 g/mol. The summed E-state index contributed by atoms with van der Waals surface area (Å²) in [5.41, 5.74) is 3.99. The number of fused-ring (bicyclic) bond motifs is 1. The molecule has 0 aliphatic carbocycles. The van der Waals surface area contributed by atoms with Gasteiger partial charge in [-0.05, 0) is 30.7 Å². The van der Waals surface area contributed by atoms with Gasteiger partial charge in [-0.3, -0.25) is 0 Å². The zero-order chi connectivity index (χ0) is 16.2. The number of carbonyl (C=O) groups is 1. The highest BCUT2D eigenvalue weighted by molar-refractivity contribution is 5.86. The Morgan fingerprint density at radius 1 is 1.09 bits per heavy atom. The summed E-state index contributed by atoms with van der Waals surface area (Å²) in [5.74, 6) is -0.370. The van der Waals surface area contributed by atoms with Gasteiger partial charge in [0, 0.05) is 12.0 Å². The first-order valence-electron chi connectivity index (χ1n) is 7.38. The second-order valence-electron chi connectivity index (χ2n) is 5.27. The van der Waals surface area contributed by atoms with Gasteiger partial charge >= 0.3 is 5.97 Å². The summed E-state index contributed by atoms with van der Waals surface area (Å²) in [5, 5.41) is 9.00. The third-order valence-corrected chi connectivity index (χ3v) is 3.45. The van der Waals surface area contributed by atoms with Crippen LogP contribution >= 0.6 is 0 Å². The molecule has 0 aliphatic rings. The van der Waals surface area contributed by atoms with Gasteiger partial charge in [-0.1, -0.05) is 36.9 Å². The van der Waals surface area contributed by atoms with Crippen LogP contribution in [0.15, 0.2) is 60.7 Å². The van der Waals surface area contributed by atoms with E-state index in [0.29, 0.717) is 18.6 Å². The van der Waals surface area contributed by atoms with E-state index >= 15 is 0 Å². The number of esters is 1. The van der Waals surface area contributed by atoms with Gasteiger partial charge < -0.3 is 4.74 Å². The highest BCUT2D eigenvalue weighted by Crippen LogP contribution is 2.16. The first-order valence-corrected chi connectivity index (χ1v) is 7.38. The molecule has 3 aromatic rings. The Kier molecular flexibility index (Phi) is 4.19. The van der Waals surface area contributed by atoms with Gasteiger partial charge in [0.25, 0.3) is 0 Å². The van der Waals surface area contributed by atoms with Crippen molar-refractivity contribution in [3.8, 4) is 5.69 Å². The molecule has 1 heterocycles. The maximum absolute atomic E-state index is 11.5. The maximum Gasteiger partial charge on any atom is 0.333 e. The van der Waals surface area contributed by atoms with Crippen LogP contribution < -0.4 is 0 Å². The molecule has 0 amide bonds. The fourth-order valence-corrected chi connectivity index (χ4v) is 2.26. The van der Waals surface area contributed by atoms with Gasteiger partial charge in [-0.15, -0.1) is 10.2 Å². The normalized spacial score (nSPS) is 10.7. The van der Waals surface area contributed by atoms with E-state index in [2.05, 4.69) is 16.8 Å². The van der Waals surface area contributed by atoms with Gasteiger partial charge in [-0.2, -0.15) is 4.80 Å². The second-order valence-corrected chi connectivity index (χ2v) is 5.27. The highest BCUT2D eigenvalue weighted by Gasteiger charge is 2.09. The van der Waals surface area contributed by atoms with E-state index in [4.69, 9.17) is 4.74 Å². The molecule has 1 aromatic heterocycles. The van der Waals surface area contributed by atoms with Crippen LogP contribution in [0.1, 0.15) is 12.5 Å². The molecule has 0 atom stereocenters. The summed E-state index contributed by atoms with van der Waals surface area (Å²) >= 11 is 0. The summed E-state index contributed by atoms with van der Waals surface area (Å²) in [4.78, 5) is 13.1. The second kappa shape index (κ2) is 6.44. The number of carbonyl (C=O) groups excluding carboxylic acids is 1. The topological polar surface area (TPSA) is 57.0 Å². The van der Waals surface area contributed by atoms with Gasteiger partial charge in [0.15, 0.2) is 0 Å². The molecule has 3 rings (SSSR count). The Hall–Kier alpha value is -2.95. The molecule has 0 radical (unpaired) electrons. The van der Waals surface area contributed by atoms with Crippen LogP contribution in [0.4, 0.5) is 0 Å². The highest BCUT2D eigenvalue weighted by atomic mass is 16.5. The fraction of sp³-hybridized carbons (Fsp3) is 0.167. The van der Waals surface area contributed by atoms with E-state index in [1.807, 2.05) is 48.5 Å². The number of para-hydroxylation sites is 1. The van der Waals surface area contributed by atoms with Crippen molar-refractivity contribution in [2.75, 3.05) is 6.61 Å². The van der Waals surface area contributed by atoms with Crippen molar-refractivity contribution in [1.29, 1.82) is 0 Å². The lowest BCUT2D eigenvalue weighted by atomic mass is 10.1. The number of hydrogen-bond donors (Lipinski definition) is 0. The van der Waals surface area contributed by atoms with Crippen molar-refractivity contribution in [3.05, 3.63) is 66.2 Å². The lowest BCUT2D eigenvalue weighted by Crippen LogP contribution is -2.10. The van der Waals surface area contributed by atoms with Crippen LogP contribution in [-0.2, 0) is 16.0 Å². The molecule has 2 aromatic carbocycles. The van der Waals surface area contributed by atoms with Crippen LogP contribution in [0.5, 0.6) is 0 Å². The summed E-state index contributed by atoms with van der Waals surface area (Å²) in [6.07, 6.45) is 0.590. The van der Waals surface area contributed by atoms with Crippen LogP contribution in [0.2, 0.25) is 0 Å². The predicted octanol–water partition coefficient (Wildman–Crippen LogP) is 3.08. The van der Waals surface area contributed by atoms with Crippen molar-refractivity contribution in [1.82, 2.24) is 15.0 Å². The summed E-state index contributed by atoms with van der Waals surface area (Å²) in [7, 11) is 0. The van der Waals surface area contributed by atoms with Crippen LogP contribution in [-0.4, -0.2) is 27.6 Å². The minimum atomic E-state index is -0.370. The maximum atomic E-state index is 11.5. The molecule has 0 unspecified atom stereocenters. The Bertz CT molecular complexity index is 834. The summed E-state index contributed by atoms with van der Waals surface area (Å²) < 4.78 is 5.17. The molecule has 0 bridgehead atoms. The van der Waals surface area contributed by atoms with Gasteiger partial charge in [0.2, 0.25) is 0 Å². The van der Waals surface area contributed by atoms with Crippen molar-refractivity contribution >= 4 is 17.0 Å². The van der Waals surface area contributed by atoms with Crippen LogP contribution in [0, 0.1) is 0 Å². The molecular formula is C18H17N3O2. The van der Waals surface area contributed by atoms with E-state index in [1.165, 1.54) is 0 Å². The number of aromatic nitrogens is 3. The van der Waals surface area contributed by atoms with Crippen molar-refractivity contribution in [2.24, 2.45) is 0 Å². The number of ether oxygens (including phenoxy) is 1. The van der Waals surface area contributed by atoms with E-state index in [1.54, 1.807) is 11.7 Å². The van der Waals surface area contributed by atoms with Crippen molar-refractivity contribution in [2.45, 2.75) is 13.3 Å². The van der Waals surface area contributed by atoms with Gasteiger partial charge in [0.05, 0.1) is 12.3 Å². The summed E-state index contributed by atoms with van der Waals surface area (Å²) in [6.45, 7) is 5.50. The Morgan fingerprint density at radius 2 is 1.70 bits per heavy atom. The van der Waals surface area contributed by atoms with E-state index in [-0.39, 0.29) is 5.97 Å². The van der Waals surface area contributed by atoms with Crippen LogP contribution in [0.25, 0.3) is 16.7 Å². The Balaban J connectivity index is 1.83. The number of rotatable bonds is 5. The van der Waals surface area contributed by atoms with E-state index in [0.717, 1.165) is 22.3 Å². The van der Waals surface area contributed by atoms with E-state index in [9.17, 15) is 4.79 Å². The Morgan fingerprint density at radius 3 is 2.35 bits per heavy atom. The molecule has 5 nitrogen and oxygen atoms in total. The minimum Gasteiger partial charge on any atom is -0.462 e. The zero-order valence-electron chi connectivity index (χ0n) is 12.9.